The van der Waals surface area contributed by atoms with Crippen LogP contribution in [-0.4, -0.2) is 40.1 Å². The molecule has 1 saturated carbocycles. The van der Waals surface area contributed by atoms with Crippen LogP contribution in [0.3, 0.4) is 0 Å². The van der Waals surface area contributed by atoms with Gasteiger partial charge in [0.1, 0.15) is 11.8 Å². The number of nitrogens with zero attached hydrogens (tertiary/aromatic N) is 1. The van der Waals surface area contributed by atoms with E-state index in [1.165, 1.54) is 11.8 Å². The Morgan fingerprint density at radius 3 is 2.52 bits per heavy atom. The molecule has 2 rings (SSSR count). The highest BCUT2D eigenvalue weighted by Gasteiger charge is 2.40. The molecule has 1 aromatic rings. The molecule has 5 nitrogen and oxygen atoms in total. The van der Waals surface area contributed by atoms with Crippen LogP contribution in [0.2, 0.25) is 0 Å². The van der Waals surface area contributed by atoms with Crippen LogP contribution in [0.15, 0.2) is 24.3 Å². The van der Waals surface area contributed by atoms with E-state index in [0.717, 1.165) is 18.4 Å². The van der Waals surface area contributed by atoms with E-state index in [1.54, 1.807) is 13.0 Å². The Labute approximate surface area is 124 Å². The number of carbonyl (C=O) groups excluding carboxylic acids is 1. The third-order valence-corrected chi connectivity index (χ3v) is 3.62. The minimum Gasteiger partial charge on any atom is -0.481 e. The third kappa shape index (κ3) is 3.74. The van der Waals surface area contributed by atoms with Crippen LogP contribution in [0, 0.1) is 6.92 Å². The molecule has 5 heteroatoms. The smallest absolute Gasteiger partial charge is 0.326 e. The molecule has 1 aliphatic rings. The number of carbonyl (C=O) groups is 2. The third-order valence-electron chi connectivity index (χ3n) is 3.62. The first-order chi connectivity index (χ1) is 9.90. The van der Waals surface area contributed by atoms with Crippen molar-refractivity contribution in [2.24, 2.45) is 0 Å². The van der Waals surface area contributed by atoms with Gasteiger partial charge in [0.2, 0.25) is 0 Å². The molecule has 0 aromatic heterocycles. The van der Waals surface area contributed by atoms with Crippen molar-refractivity contribution in [2.45, 2.75) is 51.8 Å². The summed E-state index contributed by atoms with van der Waals surface area (Å²) in [4.78, 5) is 25.1. The Morgan fingerprint density at radius 1 is 1.33 bits per heavy atom. The number of benzene rings is 1. The quantitative estimate of drug-likeness (QED) is 0.872. The molecule has 0 radical (unpaired) electrons. The minimum atomic E-state index is -0.988. The van der Waals surface area contributed by atoms with Gasteiger partial charge < -0.3 is 14.7 Å². The van der Waals surface area contributed by atoms with Gasteiger partial charge in [0.15, 0.2) is 6.10 Å². The highest BCUT2D eigenvalue weighted by molar-refractivity contribution is 5.86. The molecule has 21 heavy (non-hydrogen) atoms. The Morgan fingerprint density at radius 2 is 2.00 bits per heavy atom. The number of carboxylic acids is 1. The second kappa shape index (κ2) is 6.16. The molecule has 114 valence electrons. The average molecular weight is 291 g/mol. The Bertz CT molecular complexity index is 539. The summed E-state index contributed by atoms with van der Waals surface area (Å²) in [6, 6.07) is 6.66. The second-order valence-electron chi connectivity index (χ2n) is 5.57. The summed E-state index contributed by atoms with van der Waals surface area (Å²) in [5.74, 6) is -0.638. The fraction of sp³-hybridized carbons (Fsp3) is 0.500. The van der Waals surface area contributed by atoms with Crippen LogP contribution in [0.1, 0.15) is 32.3 Å². The Kier molecular flexibility index (Phi) is 4.50. The summed E-state index contributed by atoms with van der Waals surface area (Å²) in [6.45, 7) is 5.15. The second-order valence-corrected chi connectivity index (χ2v) is 5.57. The number of aryl methyl sites for hydroxylation is 1. The zero-order valence-corrected chi connectivity index (χ0v) is 12.6. The van der Waals surface area contributed by atoms with Crippen LogP contribution in [0.5, 0.6) is 5.75 Å². The molecule has 1 amide bonds. The first-order valence-corrected chi connectivity index (χ1v) is 7.18. The van der Waals surface area contributed by atoms with Crippen molar-refractivity contribution in [3.8, 4) is 5.75 Å². The predicted octanol–water partition coefficient (Wildman–Crippen LogP) is 2.23. The number of amides is 1. The number of hydrogen-bond donors (Lipinski definition) is 1. The maximum Gasteiger partial charge on any atom is 0.326 e. The van der Waals surface area contributed by atoms with Gasteiger partial charge in [0, 0.05) is 6.04 Å². The largest absolute Gasteiger partial charge is 0.481 e. The van der Waals surface area contributed by atoms with E-state index >= 15 is 0 Å². The molecule has 2 atom stereocenters. The van der Waals surface area contributed by atoms with Crippen molar-refractivity contribution in [2.75, 3.05) is 0 Å². The van der Waals surface area contributed by atoms with Gasteiger partial charge in [-0.3, -0.25) is 4.79 Å². The molecule has 0 heterocycles. The highest BCUT2D eigenvalue weighted by Crippen LogP contribution is 2.30. The molecule has 0 bridgehead atoms. The zero-order chi connectivity index (χ0) is 15.6. The van der Waals surface area contributed by atoms with Gasteiger partial charge in [-0.25, -0.2) is 4.79 Å². The maximum atomic E-state index is 12.5. The van der Waals surface area contributed by atoms with Crippen molar-refractivity contribution in [1.29, 1.82) is 0 Å². The average Bonchev–Trinajstić information content (AvgIpc) is 3.23. The normalized spacial score (nSPS) is 16.9. The van der Waals surface area contributed by atoms with Crippen molar-refractivity contribution in [3.05, 3.63) is 29.8 Å². The van der Waals surface area contributed by atoms with Crippen LogP contribution >= 0.6 is 0 Å². The first kappa shape index (κ1) is 15.4. The monoisotopic (exact) mass is 291 g/mol. The van der Waals surface area contributed by atoms with E-state index in [4.69, 9.17) is 9.84 Å². The number of carboxylic acid groups (broad SMARTS) is 1. The fourth-order valence-corrected chi connectivity index (χ4v) is 2.31. The highest BCUT2D eigenvalue weighted by atomic mass is 16.5. The summed E-state index contributed by atoms with van der Waals surface area (Å²) in [5, 5.41) is 9.15. The molecule has 1 aromatic carbocycles. The Balaban J connectivity index is 2.07. The number of ether oxygens (including phenoxy) is 1. The lowest BCUT2D eigenvalue weighted by atomic mass is 10.2. The minimum absolute atomic E-state index is 0.0344. The van der Waals surface area contributed by atoms with E-state index in [1.807, 2.05) is 25.1 Å². The molecular weight excluding hydrogens is 270 g/mol. The lowest BCUT2D eigenvalue weighted by molar-refractivity contribution is -0.153. The maximum absolute atomic E-state index is 12.5. The number of rotatable bonds is 6. The summed E-state index contributed by atoms with van der Waals surface area (Å²) in [7, 11) is 0. The molecule has 0 spiro atoms. The van der Waals surface area contributed by atoms with Gasteiger partial charge in [-0.15, -0.1) is 0 Å². The lowest BCUT2D eigenvalue weighted by Gasteiger charge is -2.29. The molecule has 1 fully saturated rings. The van der Waals surface area contributed by atoms with Crippen molar-refractivity contribution >= 4 is 11.9 Å². The fourth-order valence-electron chi connectivity index (χ4n) is 2.31. The zero-order valence-electron chi connectivity index (χ0n) is 12.6. The molecular formula is C16H21NO4. The number of hydrogen-bond acceptors (Lipinski definition) is 3. The van der Waals surface area contributed by atoms with Crippen molar-refractivity contribution in [1.82, 2.24) is 4.90 Å². The van der Waals surface area contributed by atoms with Gasteiger partial charge in [-0.05, 0) is 51.3 Å². The van der Waals surface area contributed by atoms with Crippen LogP contribution < -0.4 is 4.74 Å². The molecule has 2 unspecified atom stereocenters. The van der Waals surface area contributed by atoms with Crippen molar-refractivity contribution in [3.63, 3.8) is 0 Å². The van der Waals surface area contributed by atoms with Crippen LogP contribution in [0.25, 0.3) is 0 Å². The SMILES string of the molecule is Cc1cccc(OC(C)C(=O)N(C2CC2)C(C)C(=O)O)c1. The van der Waals surface area contributed by atoms with Gasteiger partial charge >= 0.3 is 5.97 Å². The Hall–Kier alpha value is -2.04. The van der Waals surface area contributed by atoms with E-state index in [-0.39, 0.29) is 11.9 Å². The molecule has 0 saturated heterocycles. The van der Waals surface area contributed by atoms with E-state index in [2.05, 4.69) is 0 Å². The van der Waals surface area contributed by atoms with Gasteiger partial charge in [-0.1, -0.05) is 12.1 Å². The van der Waals surface area contributed by atoms with E-state index in [9.17, 15) is 9.59 Å². The van der Waals surface area contributed by atoms with Crippen LogP contribution in [0.4, 0.5) is 0 Å². The molecule has 0 aliphatic heterocycles. The van der Waals surface area contributed by atoms with Gasteiger partial charge in [0.25, 0.3) is 5.91 Å². The summed E-state index contributed by atoms with van der Waals surface area (Å²) < 4.78 is 5.66. The summed E-state index contributed by atoms with van der Waals surface area (Å²) in [6.07, 6.45) is 1.02. The summed E-state index contributed by atoms with van der Waals surface area (Å²) >= 11 is 0. The molecule has 1 N–H and O–H groups in total. The summed E-state index contributed by atoms with van der Waals surface area (Å²) in [5.41, 5.74) is 1.05. The number of aliphatic carboxylic acids is 1. The predicted molar refractivity (Wildman–Crippen MR) is 78.2 cm³/mol. The topological polar surface area (TPSA) is 66.8 Å². The van der Waals surface area contributed by atoms with E-state index in [0.29, 0.717) is 5.75 Å². The van der Waals surface area contributed by atoms with Crippen LogP contribution in [-0.2, 0) is 9.59 Å². The van der Waals surface area contributed by atoms with Crippen molar-refractivity contribution < 1.29 is 19.4 Å². The lowest BCUT2D eigenvalue weighted by Crippen LogP contribution is -2.49. The standard InChI is InChI=1S/C16H21NO4/c1-10-5-4-6-14(9-10)21-12(3)15(18)17(13-7-8-13)11(2)16(19)20/h4-6,9,11-13H,7-8H2,1-3H3,(H,19,20). The van der Waals surface area contributed by atoms with Gasteiger partial charge in [-0.2, -0.15) is 0 Å². The van der Waals surface area contributed by atoms with E-state index < -0.39 is 18.1 Å². The van der Waals surface area contributed by atoms with Gasteiger partial charge in [0.05, 0.1) is 0 Å². The molecule has 1 aliphatic carbocycles. The first-order valence-electron chi connectivity index (χ1n) is 7.18.